The van der Waals surface area contributed by atoms with Gasteiger partial charge < -0.3 is 10.2 Å². The molecule has 1 aromatic carbocycles. The van der Waals surface area contributed by atoms with Crippen LogP contribution in [0, 0.1) is 13.8 Å². The van der Waals surface area contributed by atoms with Crippen LogP contribution in [-0.4, -0.2) is 29.0 Å². The first kappa shape index (κ1) is 17.0. The average molecular weight is 366 g/mol. The summed E-state index contributed by atoms with van der Waals surface area (Å²) in [7, 11) is 0. The van der Waals surface area contributed by atoms with Gasteiger partial charge in [0.15, 0.2) is 0 Å². The first-order chi connectivity index (χ1) is 12.6. The SMILES string of the molecule is Cc1ccccc1CNC(=O)c1sc2ncnc(N3CCCC3)c2c1C. The van der Waals surface area contributed by atoms with Gasteiger partial charge in [-0.25, -0.2) is 9.97 Å². The molecule has 1 amide bonds. The number of benzene rings is 1. The van der Waals surface area contributed by atoms with Crippen LogP contribution in [0.25, 0.3) is 10.2 Å². The molecule has 1 fully saturated rings. The standard InChI is InChI=1S/C20H22N4OS/c1-13-7-3-4-8-15(13)11-21-19(25)17-14(2)16-18(24-9-5-6-10-24)22-12-23-20(16)26-17/h3-4,7-8,12H,5-6,9-11H2,1-2H3,(H,21,25). The van der Waals surface area contributed by atoms with Crippen LogP contribution in [-0.2, 0) is 6.54 Å². The molecule has 1 N–H and O–H groups in total. The summed E-state index contributed by atoms with van der Waals surface area (Å²) in [6, 6.07) is 8.11. The Morgan fingerprint density at radius 2 is 1.96 bits per heavy atom. The largest absolute Gasteiger partial charge is 0.356 e. The molecule has 2 aromatic heterocycles. The highest BCUT2D eigenvalue weighted by atomic mass is 32.1. The summed E-state index contributed by atoms with van der Waals surface area (Å²) in [5, 5.41) is 4.08. The zero-order valence-electron chi connectivity index (χ0n) is 15.1. The van der Waals surface area contributed by atoms with E-state index in [4.69, 9.17) is 0 Å². The molecule has 0 bridgehead atoms. The molecule has 0 aliphatic carbocycles. The minimum Gasteiger partial charge on any atom is -0.356 e. The van der Waals surface area contributed by atoms with E-state index in [1.165, 1.54) is 29.7 Å². The average Bonchev–Trinajstić information content (AvgIpc) is 3.29. The van der Waals surface area contributed by atoms with Crippen molar-refractivity contribution < 1.29 is 4.79 Å². The van der Waals surface area contributed by atoms with Gasteiger partial charge >= 0.3 is 0 Å². The number of fused-ring (bicyclic) bond motifs is 1. The lowest BCUT2D eigenvalue weighted by molar-refractivity contribution is 0.0954. The topological polar surface area (TPSA) is 58.1 Å². The highest BCUT2D eigenvalue weighted by molar-refractivity contribution is 7.20. The number of nitrogens with one attached hydrogen (secondary N) is 1. The molecule has 3 aromatic rings. The number of thiophene rings is 1. The Morgan fingerprint density at radius 3 is 2.73 bits per heavy atom. The highest BCUT2D eigenvalue weighted by Gasteiger charge is 2.23. The Morgan fingerprint density at radius 1 is 1.19 bits per heavy atom. The van der Waals surface area contributed by atoms with Crippen molar-refractivity contribution in [2.45, 2.75) is 33.2 Å². The van der Waals surface area contributed by atoms with Crippen molar-refractivity contribution in [3.63, 3.8) is 0 Å². The number of nitrogens with zero attached hydrogens (tertiary/aromatic N) is 3. The van der Waals surface area contributed by atoms with Crippen LogP contribution >= 0.6 is 11.3 Å². The fourth-order valence-electron chi connectivity index (χ4n) is 3.50. The number of hydrogen-bond acceptors (Lipinski definition) is 5. The van der Waals surface area contributed by atoms with Gasteiger partial charge in [0.1, 0.15) is 17.0 Å². The summed E-state index contributed by atoms with van der Waals surface area (Å²) < 4.78 is 0. The number of carbonyl (C=O) groups is 1. The maximum atomic E-state index is 12.8. The number of hydrogen-bond donors (Lipinski definition) is 1. The lowest BCUT2D eigenvalue weighted by Crippen LogP contribution is -2.23. The number of amides is 1. The summed E-state index contributed by atoms with van der Waals surface area (Å²) in [6.07, 6.45) is 4.00. The fourth-order valence-corrected chi connectivity index (χ4v) is 4.56. The summed E-state index contributed by atoms with van der Waals surface area (Å²) in [5.41, 5.74) is 3.30. The number of carbonyl (C=O) groups excluding carboxylic acids is 1. The molecule has 0 atom stereocenters. The van der Waals surface area contributed by atoms with Crippen molar-refractivity contribution in [1.82, 2.24) is 15.3 Å². The normalized spacial score (nSPS) is 14.2. The molecular formula is C20H22N4OS. The predicted octanol–water partition coefficient (Wildman–Crippen LogP) is 3.84. The van der Waals surface area contributed by atoms with Crippen LogP contribution in [0.15, 0.2) is 30.6 Å². The van der Waals surface area contributed by atoms with E-state index in [0.717, 1.165) is 45.1 Å². The molecule has 0 radical (unpaired) electrons. The van der Waals surface area contributed by atoms with Crippen LogP contribution in [0.2, 0.25) is 0 Å². The number of rotatable bonds is 4. The molecule has 26 heavy (non-hydrogen) atoms. The first-order valence-electron chi connectivity index (χ1n) is 8.97. The van der Waals surface area contributed by atoms with E-state index in [-0.39, 0.29) is 5.91 Å². The molecule has 1 aliphatic heterocycles. The van der Waals surface area contributed by atoms with Crippen molar-refractivity contribution in [2.75, 3.05) is 18.0 Å². The van der Waals surface area contributed by atoms with Crippen LogP contribution in [0.5, 0.6) is 0 Å². The van der Waals surface area contributed by atoms with Crippen LogP contribution in [0.1, 0.15) is 39.2 Å². The molecule has 3 heterocycles. The minimum atomic E-state index is -0.0406. The van der Waals surface area contributed by atoms with Crippen molar-refractivity contribution in [1.29, 1.82) is 0 Å². The Hall–Kier alpha value is -2.47. The second-order valence-corrected chi connectivity index (χ2v) is 7.74. The lowest BCUT2D eigenvalue weighted by Gasteiger charge is -2.17. The van der Waals surface area contributed by atoms with E-state index >= 15 is 0 Å². The quantitative estimate of drug-likeness (QED) is 0.762. The maximum Gasteiger partial charge on any atom is 0.261 e. The molecule has 0 saturated carbocycles. The highest BCUT2D eigenvalue weighted by Crippen LogP contribution is 2.35. The van der Waals surface area contributed by atoms with Crippen molar-refractivity contribution in [3.05, 3.63) is 52.2 Å². The van der Waals surface area contributed by atoms with Crippen molar-refractivity contribution >= 4 is 33.3 Å². The van der Waals surface area contributed by atoms with E-state index in [1.807, 2.05) is 25.1 Å². The summed E-state index contributed by atoms with van der Waals surface area (Å²) >= 11 is 1.45. The zero-order chi connectivity index (χ0) is 18.1. The van der Waals surface area contributed by atoms with E-state index < -0.39 is 0 Å². The Labute approximate surface area is 157 Å². The van der Waals surface area contributed by atoms with Gasteiger partial charge in [0.25, 0.3) is 5.91 Å². The second kappa shape index (κ2) is 7.03. The third-order valence-electron chi connectivity index (χ3n) is 5.02. The molecule has 5 nitrogen and oxygen atoms in total. The van der Waals surface area contributed by atoms with E-state index in [1.54, 1.807) is 6.33 Å². The van der Waals surface area contributed by atoms with Crippen molar-refractivity contribution in [2.24, 2.45) is 0 Å². The summed E-state index contributed by atoms with van der Waals surface area (Å²) in [6.45, 7) is 6.64. The predicted molar refractivity (Wildman–Crippen MR) is 106 cm³/mol. The second-order valence-electron chi connectivity index (χ2n) is 6.74. The van der Waals surface area contributed by atoms with Gasteiger partial charge in [-0.05, 0) is 43.4 Å². The third-order valence-corrected chi connectivity index (χ3v) is 6.22. The van der Waals surface area contributed by atoms with Gasteiger partial charge in [0, 0.05) is 19.6 Å². The summed E-state index contributed by atoms with van der Waals surface area (Å²) in [4.78, 5) is 25.6. The molecule has 134 valence electrons. The zero-order valence-corrected chi connectivity index (χ0v) is 15.9. The van der Waals surface area contributed by atoms with E-state index in [2.05, 4.69) is 33.2 Å². The van der Waals surface area contributed by atoms with Gasteiger partial charge in [-0.1, -0.05) is 24.3 Å². The molecule has 0 unspecified atom stereocenters. The molecule has 0 spiro atoms. The fraction of sp³-hybridized carbons (Fsp3) is 0.350. The van der Waals surface area contributed by atoms with E-state index in [0.29, 0.717) is 6.54 Å². The third kappa shape index (κ3) is 3.05. The van der Waals surface area contributed by atoms with Gasteiger partial charge in [0.05, 0.1) is 10.3 Å². The number of anilines is 1. The number of aromatic nitrogens is 2. The smallest absolute Gasteiger partial charge is 0.261 e. The van der Waals surface area contributed by atoms with Gasteiger partial charge in [-0.2, -0.15) is 0 Å². The van der Waals surface area contributed by atoms with Gasteiger partial charge in [-0.15, -0.1) is 11.3 Å². The molecule has 1 aliphatic rings. The van der Waals surface area contributed by atoms with Gasteiger partial charge in [0.2, 0.25) is 0 Å². The van der Waals surface area contributed by atoms with E-state index in [9.17, 15) is 4.79 Å². The molecule has 4 rings (SSSR count). The molecule has 6 heteroatoms. The molecule has 1 saturated heterocycles. The van der Waals surface area contributed by atoms with Crippen LogP contribution < -0.4 is 10.2 Å². The van der Waals surface area contributed by atoms with Crippen LogP contribution in [0.4, 0.5) is 5.82 Å². The van der Waals surface area contributed by atoms with Crippen LogP contribution in [0.3, 0.4) is 0 Å². The Kier molecular flexibility index (Phi) is 4.59. The molecular weight excluding hydrogens is 344 g/mol. The van der Waals surface area contributed by atoms with Crippen molar-refractivity contribution in [3.8, 4) is 0 Å². The number of aryl methyl sites for hydroxylation is 2. The Balaban J connectivity index is 1.62. The maximum absolute atomic E-state index is 12.8. The summed E-state index contributed by atoms with van der Waals surface area (Å²) in [5.74, 6) is 0.931. The van der Waals surface area contributed by atoms with Gasteiger partial charge in [-0.3, -0.25) is 4.79 Å². The lowest BCUT2D eigenvalue weighted by atomic mass is 10.1. The monoisotopic (exact) mass is 366 g/mol. The minimum absolute atomic E-state index is 0.0406. The first-order valence-corrected chi connectivity index (χ1v) is 9.78. The Bertz CT molecular complexity index is 960.